The molecule has 1 aliphatic carbocycles. The van der Waals surface area contributed by atoms with Gasteiger partial charge in [0.25, 0.3) is 0 Å². The van der Waals surface area contributed by atoms with Gasteiger partial charge in [-0.1, -0.05) is 0 Å². The molecule has 0 aromatic heterocycles. The monoisotopic (exact) mass is 253 g/mol. The third kappa shape index (κ3) is 4.58. The number of nitrogens with one attached hydrogen (secondary N) is 2. The van der Waals surface area contributed by atoms with Crippen LogP contribution in [0.1, 0.15) is 39.0 Å². The summed E-state index contributed by atoms with van der Waals surface area (Å²) in [7, 11) is 0. The first-order valence-electron chi connectivity index (χ1n) is 7.51. The van der Waals surface area contributed by atoms with Gasteiger partial charge in [-0.25, -0.2) is 0 Å². The lowest BCUT2D eigenvalue weighted by Gasteiger charge is -2.30. The van der Waals surface area contributed by atoms with E-state index in [1.165, 1.54) is 38.8 Å². The molecule has 0 aromatic rings. The average Bonchev–Trinajstić information content (AvgIpc) is 3.20. The van der Waals surface area contributed by atoms with Crippen molar-refractivity contribution in [3.8, 4) is 0 Å². The Morgan fingerprint density at radius 2 is 2.22 bits per heavy atom. The van der Waals surface area contributed by atoms with E-state index in [0.29, 0.717) is 6.42 Å². The number of amides is 1. The Labute approximate surface area is 110 Å². The Hall–Kier alpha value is -0.610. The maximum Gasteiger partial charge on any atom is 0.221 e. The van der Waals surface area contributed by atoms with Crippen molar-refractivity contribution in [2.45, 2.75) is 45.1 Å². The first kappa shape index (κ1) is 13.8. The summed E-state index contributed by atoms with van der Waals surface area (Å²) in [5.74, 6) is 0.985. The van der Waals surface area contributed by atoms with E-state index in [4.69, 9.17) is 0 Å². The van der Waals surface area contributed by atoms with Crippen molar-refractivity contribution in [3.63, 3.8) is 0 Å². The quantitative estimate of drug-likeness (QED) is 0.711. The van der Waals surface area contributed by atoms with Crippen molar-refractivity contribution in [1.29, 1.82) is 0 Å². The minimum atomic E-state index is 0.199. The molecule has 104 valence electrons. The lowest BCUT2D eigenvalue weighted by molar-refractivity contribution is -0.121. The van der Waals surface area contributed by atoms with Crippen molar-refractivity contribution in [2.75, 3.05) is 32.7 Å². The molecule has 0 radical (unpaired) electrons. The highest BCUT2D eigenvalue weighted by Gasteiger charge is 2.30. The van der Waals surface area contributed by atoms with Gasteiger partial charge in [-0.3, -0.25) is 9.69 Å². The molecule has 0 bridgehead atoms. The van der Waals surface area contributed by atoms with E-state index in [-0.39, 0.29) is 5.91 Å². The van der Waals surface area contributed by atoms with Crippen molar-refractivity contribution in [2.24, 2.45) is 5.92 Å². The normalized spacial score (nSPS) is 24.2. The Kier molecular flexibility index (Phi) is 5.45. The van der Waals surface area contributed by atoms with Crippen molar-refractivity contribution in [1.82, 2.24) is 15.5 Å². The van der Waals surface area contributed by atoms with Crippen LogP contribution in [0.2, 0.25) is 0 Å². The van der Waals surface area contributed by atoms with Gasteiger partial charge in [0.15, 0.2) is 0 Å². The largest absolute Gasteiger partial charge is 0.356 e. The second kappa shape index (κ2) is 7.10. The molecule has 1 saturated heterocycles. The van der Waals surface area contributed by atoms with Gasteiger partial charge in [0.2, 0.25) is 5.91 Å². The predicted octanol–water partition coefficient (Wildman–Crippen LogP) is 0.977. The van der Waals surface area contributed by atoms with Crippen molar-refractivity contribution in [3.05, 3.63) is 0 Å². The zero-order chi connectivity index (χ0) is 12.8. The number of hydrogen-bond acceptors (Lipinski definition) is 3. The Morgan fingerprint density at radius 3 is 2.83 bits per heavy atom. The molecule has 4 nitrogen and oxygen atoms in total. The maximum absolute atomic E-state index is 11.5. The van der Waals surface area contributed by atoms with Crippen LogP contribution in [0.3, 0.4) is 0 Å². The van der Waals surface area contributed by atoms with Gasteiger partial charge in [0, 0.05) is 32.1 Å². The third-order valence-electron chi connectivity index (χ3n) is 3.95. The lowest BCUT2D eigenvalue weighted by Crippen LogP contribution is -2.40. The number of carbonyl (C=O) groups excluding carboxylic acids is 1. The van der Waals surface area contributed by atoms with Crippen LogP contribution in [-0.4, -0.2) is 49.6 Å². The van der Waals surface area contributed by atoms with Gasteiger partial charge < -0.3 is 10.6 Å². The fourth-order valence-electron chi connectivity index (χ4n) is 2.80. The molecule has 4 heteroatoms. The van der Waals surface area contributed by atoms with E-state index in [1.807, 2.05) is 6.92 Å². The maximum atomic E-state index is 11.5. The van der Waals surface area contributed by atoms with Gasteiger partial charge in [-0.05, 0) is 51.6 Å². The molecule has 2 fully saturated rings. The fraction of sp³-hybridized carbons (Fsp3) is 0.929. The van der Waals surface area contributed by atoms with Crippen LogP contribution in [0.5, 0.6) is 0 Å². The van der Waals surface area contributed by atoms with E-state index >= 15 is 0 Å². The molecule has 1 atom stereocenters. The third-order valence-corrected chi connectivity index (χ3v) is 3.95. The summed E-state index contributed by atoms with van der Waals surface area (Å²) >= 11 is 0. The highest BCUT2D eigenvalue weighted by atomic mass is 16.1. The zero-order valence-electron chi connectivity index (χ0n) is 11.6. The first-order valence-corrected chi connectivity index (χ1v) is 7.51. The van der Waals surface area contributed by atoms with E-state index < -0.39 is 0 Å². The smallest absolute Gasteiger partial charge is 0.221 e. The molecular formula is C14H27N3O. The van der Waals surface area contributed by atoms with Crippen LogP contribution in [0.4, 0.5) is 0 Å². The van der Waals surface area contributed by atoms with Crippen LogP contribution in [-0.2, 0) is 4.79 Å². The van der Waals surface area contributed by atoms with E-state index in [1.54, 1.807) is 0 Å². The Balaban J connectivity index is 1.71. The van der Waals surface area contributed by atoms with Gasteiger partial charge >= 0.3 is 0 Å². The molecule has 1 aliphatic heterocycles. The first-order chi connectivity index (χ1) is 8.79. The van der Waals surface area contributed by atoms with Gasteiger partial charge in [-0.15, -0.1) is 0 Å². The number of carbonyl (C=O) groups is 1. The fourth-order valence-corrected chi connectivity index (χ4v) is 2.80. The van der Waals surface area contributed by atoms with Crippen LogP contribution < -0.4 is 10.6 Å². The topological polar surface area (TPSA) is 44.4 Å². The number of nitrogens with zero attached hydrogens (tertiary/aromatic N) is 1. The Bertz CT molecular complexity index is 260. The molecular weight excluding hydrogens is 226 g/mol. The summed E-state index contributed by atoms with van der Waals surface area (Å²) in [6.07, 6.45) is 5.96. The minimum absolute atomic E-state index is 0.199. The van der Waals surface area contributed by atoms with Gasteiger partial charge in [0.1, 0.15) is 0 Å². The van der Waals surface area contributed by atoms with Crippen LogP contribution >= 0.6 is 0 Å². The second-order valence-electron chi connectivity index (χ2n) is 5.64. The molecule has 2 N–H and O–H groups in total. The molecule has 1 saturated carbocycles. The summed E-state index contributed by atoms with van der Waals surface area (Å²) < 4.78 is 0. The number of rotatable bonds is 7. The summed E-state index contributed by atoms with van der Waals surface area (Å²) in [5.41, 5.74) is 0. The molecule has 0 spiro atoms. The molecule has 1 amide bonds. The summed E-state index contributed by atoms with van der Waals surface area (Å²) in [4.78, 5) is 14.1. The Morgan fingerprint density at radius 1 is 1.39 bits per heavy atom. The number of piperidine rings is 1. The van der Waals surface area contributed by atoms with Gasteiger partial charge in [0.05, 0.1) is 0 Å². The standard InChI is InChI=1S/C14H27N3O/c1-2-16-14(18)7-9-17(13-5-6-13)11-12-4-3-8-15-10-12/h12-13,15H,2-11H2,1H3,(H,16,18). The predicted molar refractivity (Wildman–Crippen MR) is 73.5 cm³/mol. The van der Waals surface area contributed by atoms with Crippen molar-refractivity contribution < 1.29 is 4.79 Å². The molecule has 2 rings (SSSR count). The zero-order valence-corrected chi connectivity index (χ0v) is 11.6. The average molecular weight is 253 g/mol. The second-order valence-corrected chi connectivity index (χ2v) is 5.64. The SMILES string of the molecule is CCNC(=O)CCN(CC1CCCNC1)C1CC1. The lowest BCUT2D eigenvalue weighted by atomic mass is 9.99. The highest BCUT2D eigenvalue weighted by Crippen LogP contribution is 2.28. The highest BCUT2D eigenvalue weighted by molar-refractivity contribution is 5.75. The summed E-state index contributed by atoms with van der Waals surface area (Å²) in [6, 6.07) is 0.765. The summed E-state index contributed by atoms with van der Waals surface area (Å²) in [5, 5.41) is 6.36. The van der Waals surface area contributed by atoms with E-state index in [2.05, 4.69) is 15.5 Å². The van der Waals surface area contributed by atoms with Gasteiger partial charge in [-0.2, -0.15) is 0 Å². The summed E-state index contributed by atoms with van der Waals surface area (Å²) in [6.45, 7) is 7.17. The van der Waals surface area contributed by atoms with Crippen LogP contribution in [0.15, 0.2) is 0 Å². The van der Waals surface area contributed by atoms with Crippen molar-refractivity contribution >= 4 is 5.91 Å². The molecule has 18 heavy (non-hydrogen) atoms. The van der Waals surface area contributed by atoms with Crippen LogP contribution in [0.25, 0.3) is 0 Å². The molecule has 1 unspecified atom stereocenters. The molecule has 2 aliphatic rings. The van der Waals surface area contributed by atoms with E-state index in [0.717, 1.165) is 31.6 Å². The molecule has 1 heterocycles. The van der Waals surface area contributed by atoms with Crippen LogP contribution in [0, 0.1) is 5.92 Å². The van der Waals surface area contributed by atoms with E-state index in [9.17, 15) is 4.79 Å². The number of hydrogen-bond donors (Lipinski definition) is 2. The molecule has 0 aromatic carbocycles. The minimum Gasteiger partial charge on any atom is -0.356 e.